The monoisotopic (exact) mass is 286 g/mol. The largest absolute Gasteiger partial charge is 0.482 e. The van der Waals surface area contributed by atoms with Gasteiger partial charge in [0.05, 0.1) is 6.33 Å². The van der Waals surface area contributed by atoms with Crippen LogP contribution in [0, 0.1) is 0 Å². The van der Waals surface area contributed by atoms with E-state index in [4.69, 9.17) is 9.84 Å². The van der Waals surface area contributed by atoms with E-state index in [0.717, 1.165) is 12.1 Å². The lowest BCUT2D eigenvalue weighted by Crippen LogP contribution is -2.09. The summed E-state index contributed by atoms with van der Waals surface area (Å²) in [5, 5.41) is 8.47. The highest BCUT2D eigenvalue weighted by Gasteiger charge is 1.99. The zero-order chi connectivity index (χ0) is 12.1. The first-order valence-electron chi connectivity index (χ1n) is 5.13. The topological polar surface area (TPSA) is 95.9 Å². The standard InChI is InChI=1S/C12H12N2O3.ClH.H2O/c15-12(16)8-17-11-3-1-10(2-4-11)7-14-6-5-13-9-14;;/h1-6,9H,7-8H2,(H,15,16);1H;1H2. The van der Waals surface area contributed by atoms with Gasteiger partial charge >= 0.3 is 5.97 Å². The Balaban J connectivity index is 0.00000162. The predicted octanol–water partition coefficient (Wildman–Crippen LogP) is 0.992. The molecule has 19 heavy (non-hydrogen) atoms. The van der Waals surface area contributed by atoms with E-state index >= 15 is 0 Å². The number of nitrogens with zero attached hydrogens (tertiary/aromatic N) is 2. The number of aromatic nitrogens is 2. The molecular formula is C12H15ClN2O4. The third-order valence-electron chi connectivity index (χ3n) is 2.21. The van der Waals surface area contributed by atoms with Gasteiger partial charge in [-0.3, -0.25) is 0 Å². The highest BCUT2D eigenvalue weighted by atomic mass is 35.5. The maximum absolute atomic E-state index is 10.3. The summed E-state index contributed by atoms with van der Waals surface area (Å²) in [4.78, 5) is 14.3. The molecule has 2 aromatic rings. The Morgan fingerprint density at radius 1 is 1.32 bits per heavy atom. The van der Waals surface area contributed by atoms with Crippen molar-refractivity contribution in [3.05, 3.63) is 48.5 Å². The molecule has 0 spiro atoms. The van der Waals surface area contributed by atoms with Crippen LogP contribution in [0.15, 0.2) is 43.0 Å². The van der Waals surface area contributed by atoms with Crippen LogP contribution in [0.1, 0.15) is 5.56 Å². The first-order chi connectivity index (χ1) is 8.24. The molecular weight excluding hydrogens is 272 g/mol. The highest BCUT2D eigenvalue weighted by molar-refractivity contribution is 5.85. The van der Waals surface area contributed by atoms with Crippen LogP contribution < -0.4 is 4.74 Å². The Morgan fingerprint density at radius 3 is 2.53 bits per heavy atom. The van der Waals surface area contributed by atoms with Crippen molar-refractivity contribution in [2.24, 2.45) is 0 Å². The average Bonchev–Trinajstić information content (AvgIpc) is 2.81. The van der Waals surface area contributed by atoms with Gasteiger partial charge in [0.15, 0.2) is 6.61 Å². The van der Waals surface area contributed by atoms with Crippen LogP contribution in [0.5, 0.6) is 5.75 Å². The van der Waals surface area contributed by atoms with Crippen LogP contribution in [0.3, 0.4) is 0 Å². The van der Waals surface area contributed by atoms with Gasteiger partial charge in [0.2, 0.25) is 0 Å². The molecule has 0 fully saturated rings. The van der Waals surface area contributed by atoms with Gasteiger partial charge in [-0.1, -0.05) is 12.1 Å². The van der Waals surface area contributed by atoms with E-state index in [1.54, 1.807) is 24.7 Å². The van der Waals surface area contributed by atoms with Gasteiger partial charge in [-0.25, -0.2) is 9.78 Å². The summed E-state index contributed by atoms with van der Waals surface area (Å²) >= 11 is 0. The van der Waals surface area contributed by atoms with E-state index in [1.165, 1.54) is 0 Å². The fourth-order valence-electron chi connectivity index (χ4n) is 1.43. The molecule has 0 aliphatic rings. The Morgan fingerprint density at radius 2 is 2.00 bits per heavy atom. The van der Waals surface area contributed by atoms with E-state index in [9.17, 15) is 4.79 Å². The lowest BCUT2D eigenvalue weighted by molar-refractivity contribution is -0.139. The lowest BCUT2D eigenvalue weighted by Gasteiger charge is -2.05. The van der Waals surface area contributed by atoms with Gasteiger partial charge < -0.3 is 19.9 Å². The summed E-state index contributed by atoms with van der Waals surface area (Å²) in [6.45, 7) is 0.417. The minimum atomic E-state index is -0.979. The molecule has 6 nitrogen and oxygen atoms in total. The summed E-state index contributed by atoms with van der Waals surface area (Å²) < 4.78 is 6.99. The van der Waals surface area contributed by atoms with Crippen LogP contribution in [0.4, 0.5) is 0 Å². The normalized spacial score (nSPS) is 9.05. The molecule has 0 aliphatic carbocycles. The van der Waals surface area contributed by atoms with E-state index < -0.39 is 5.97 Å². The second-order valence-corrected chi connectivity index (χ2v) is 3.56. The minimum Gasteiger partial charge on any atom is -0.482 e. The molecule has 0 saturated heterocycles. The van der Waals surface area contributed by atoms with Crippen molar-refractivity contribution in [3.8, 4) is 5.75 Å². The van der Waals surface area contributed by atoms with Crippen molar-refractivity contribution >= 4 is 18.4 Å². The fraction of sp³-hybridized carbons (Fsp3) is 0.167. The number of carbonyl (C=O) groups is 1. The molecule has 7 heteroatoms. The second-order valence-electron chi connectivity index (χ2n) is 3.56. The summed E-state index contributed by atoms with van der Waals surface area (Å²) in [6, 6.07) is 7.32. The molecule has 0 atom stereocenters. The van der Waals surface area contributed by atoms with E-state index in [1.807, 2.05) is 22.9 Å². The van der Waals surface area contributed by atoms with Crippen molar-refractivity contribution in [2.45, 2.75) is 6.54 Å². The summed E-state index contributed by atoms with van der Waals surface area (Å²) in [7, 11) is 0. The fourth-order valence-corrected chi connectivity index (χ4v) is 1.43. The first kappa shape index (κ1) is 16.9. The number of imidazole rings is 1. The molecule has 0 radical (unpaired) electrons. The molecule has 2 rings (SSSR count). The molecule has 3 N–H and O–H groups in total. The second kappa shape index (κ2) is 8.12. The highest BCUT2D eigenvalue weighted by Crippen LogP contribution is 2.12. The van der Waals surface area contributed by atoms with Crippen molar-refractivity contribution in [3.63, 3.8) is 0 Å². The Labute approximate surface area is 116 Å². The van der Waals surface area contributed by atoms with Crippen molar-refractivity contribution in [1.82, 2.24) is 9.55 Å². The molecule has 1 heterocycles. The van der Waals surface area contributed by atoms with Crippen LogP contribution in [-0.2, 0) is 11.3 Å². The Bertz CT molecular complexity index is 485. The molecule has 104 valence electrons. The summed E-state index contributed by atoms with van der Waals surface area (Å²) in [5.41, 5.74) is 1.10. The van der Waals surface area contributed by atoms with Crippen LogP contribution in [0.2, 0.25) is 0 Å². The lowest BCUT2D eigenvalue weighted by atomic mass is 10.2. The van der Waals surface area contributed by atoms with Crippen LogP contribution in [0.25, 0.3) is 0 Å². The maximum Gasteiger partial charge on any atom is 0.341 e. The number of halogens is 1. The number of benzene rings is 1. The third kappa shape index (κ3) is 5.41. The third-order valence-corrected chi connectivity index (χ3v) is 2.21. The molecule has 1 aromatic heterocycles. The van der Waals surface area contributed by atoms with Crippen LogP contribution >= 0.6 is 12.4 Å². The van der Waals surface area contributed by atoms with Gasteiger partial charge in [-0.2, -0.15) is 0 Å². The van der Waals surface area contributed by atoms with E-state index in [0.29, 0.717) is 5.75 Å². The SMILES string of the molecule is Cl.O.O=C(O)COc1ccc(Cn2ccnc2)cc1. The molecule has 0 saturated carbocycles. The molecule has 0 unspecified atom stereocenters. The minimum absolute atomic E-state index is 0. The van der Waals surface area contributed by atoms with Crippen molar-refractivity contribution in [1.29, 1.82) is 0 Å². The van der Waals surface area contributed by atoms with Crippen molar-refractivity contribution < 1.29 is 20.1 Å². The van der Waals surface area contributed by atoms with E-state index in [2.05, 4.69) is 4.98 Å². The van der Waals surface area contributed by atoms with Crippen LogP contribution in [-0.4, -0.2) is 32.7 Å². The number of rotatable bonds is 5. The van der Waals surface area contributed by atoms with Gasteiger partial charge in [-0.05, 0) is 17.7 Å². The molecule has 0 amide bonds. The average molecular weight is 287 g/mol. The Hall–Kier alpha value is -2.05. The number of hydrogen-bond donors (Lipinski definition) is 1. The van der Waals surface area contributed by atoms with Gasteiger partial charge in [-0.15, -0.1) is 12.4 Å². The first-order valence-corrected chi connectivity index (χ1v) is 5.13. The van der Waals surface area contributed by atoms with Gasteiger partial charge in [0.25, 0.3) is 0 Å². The van der Waals surface area contributed by atoms with E-state index in [-0.39, 0.29) is 24.5 Å². The number of hydrogen-bond acceptors (Lipinski definition) is 3. The molecule has 0 bridgehead atoms. The van der Waals surface area contributed by atoms with Crippen molar-refractivity contribution in [2.75, 3.05) is 6.61 Å². The van der Waals surface area contributed by atoms with Gasteiger partial charge in [0, 0.05) is 18.9 Å². The number of aliphatic carboxylic acids is 1. The molecule has 0 aliphatic heterocycles. The smallest absolute Gasteiger partial charge is 0.341 e. The van der Waals surface area contributed by atoms with Gasteiger partial charge in [0.1, 0.15) is 5.75 Å². The predicted molar refractivity (Wildman–Crippen MR) is 71.8 cm³/mol. The molecule has 1 aromatic carbocycles. The number of carboxylic acid groups (broad SMARTS) is 1. The summed E-state index contributed by atoms with van der Waals surface area (Å²) in [5.74, 6) is -0.422. The quantitative estimate of drug-likeness (QED) is 0.886. The zero-order valence-electron chi connectivity index (χ0n) is 10.0. The maximum atomic E-state index is 10.3. The number of ether oxygens (including phenoxy) is 1. The summed E-state index contributed by atoms with van der Waals surface area (Å²) in [6.07, 6.45) is 5.36. The Kier molecular flexibility index (Phi) is 7.25. The number of carboxylic acids is 1. The zero-order valence-corrected chi connectivity index (χ0v) is 10.8.